The lowest BCUT2D eigenvalue weighted by atomic mass is 9.99. The molecule has 0 radical (unpaired) electrons. The molecule has 140 valence electrons. The Labute approximate surface area is 164 Å². The molecule has 0 fully saturated rings. The molecule has 0 unspecified atom stereocenters. The Morgan fingerprint density at radius 3 is 2.61 bits per heavy atom. The highest BCUT2D eigenvalue weighted by atomic mass is 16.1. The van der Waals surface area contributed by atoms with Crippen molar-refractivity contribution in [3.05, 3.63) is 89.4 Å². The number of carbonyl (C=O) groups excluding carboxylic acids is 1. The second-order valence-corrected chi connectivity index (χ2v) is 6.96. The number of carbonyl (C=O) groups is 1. The number of amides is 1. The van der Waals surface area contributed by atoms with E-state index < -0.39 is 0 Å². The topological polar surface area (TPSA) is 59.8 Å². The number of aromatic nitrogens is 3. The maximum Gasteiger partial charge on any atom is 0.228 e. The molecule has 28 heavy (non-hydrogen) atoms. The van der Waals surface area contributed by atoms with E-state index in [1.165, 1.54) is 0 Å². The van der Waals surface area contributed by atoms with Gasteiger partial charge in [0.1, 0.15) is 0 Å². The zero-order valence-corrected chi connectivity index (χ0v) is 16.0. The van der Waals surface area contributed by atoms with E-state index in [1.807, 2.05) is 60.3 Å². The molecule has 0 aliphatic carbocycles. The summed E-state index contributed by atoms with van der Waals surface area (Å²) in [7, 11) is 0. The van der Waals surface area contributed by atoms with E-state index in [-0.39, 0.29) is 5.91 Å². The molecule has 0 bridgehead atoms. The number of hydrogen-bond acceptors (Lipinski definition) is 3. The number of benzene rings is 2. The van der Waals surface area contributed by atoms with Gasteiger partial charge >= 0.3 is 0 Å². The van der Waals surface area contributed by atoms with Gasteiger partial charge in [-0.3, -0.25) is 14.5 Å². The standard InChI is InChI=1S/C23H22N4O/c1-16-20-10-6-7-11-22(20)25-17(2)21(16)12-23(28)26-19-13-24-27(15-19)14-18-8-4-3-5-9-18/h3-11,13,15H,12,14H2,1-2H3,(H,26,28). The highest BCUT2D eigenvalue weighted by Gasteiger charge is 2.13. The molecule has 0 aliphatic rings. The summed E-state index contributed by atoms with van der Waals surface area (Å²) < 4.78 is 1.82. The van der Waals surface area contributed by atoms with Gasteiger partial charge in [-0.15, -0.1) is 0 Å². The zero-order valence-electron chi connectivity index (χ0n) is 16.0. The maximum atomic E-state index is 12.6. The first-order valence-electron chi connectivity index (χ1n) is 9.31. The fourth-order valence-electron chi connectivity index (χ4n) is 3.48. The van der Waals surface area contributed by atoms with Crippen LogP contribution in [0.3, 0.4) is 0 Å². The van der Waals surface area contributed by atoms with Gasteiger partial charge in [0.05, 0.1) is 30.4 Å². The molecule has 5 nitrogen and oxygen atoms in total. The number of rotatable bonds is 5. The predicted octanol–water partition coefficient (Wildman–Crippen LogP) is 4.28. The van der Waals surface area contributed by atoms with Crippen molar-refractivity contribution in [1.29, 1.82) is 0 Å². The molecule has 0 saturated carbocycles. The number of hydrogen-bond donors (Lipinski definition) is 1. The van der Waals surface area contributed by atoms with Gasteiger partial charge in [-0.05, 0) is 36.6 Å². The van der Waals surface area contributed by atoms with Crippen LogP contribution in [-0.4, -0.2) is 20.7 Å². The molecule has 1 N–H and O–H groups in total. The lowest BCUT2D eigenvalue weighted by molar-refractivity contribution is -0.115. The Kier molecular flexibility index (Phi) is 4.89. The third-order valence-corrected chi connectivity index (χ3v) is 4.93. The minimum absolute atomic E-state index is 0.0671. The Balaban J connectivity index is 1.47. The average molecular weight is 370 g/mol. The first-order valence-corrected chi connectivity index (χ1v) is 9.31. The van der Waals surface area contributed by atoms with Crippen LogP contribution >= 0.6 is 0 Å². The van der Waals surface area contributed by atoms with E-state index in [0.29, 0.717) is 18.7 Å². The summed E-state index contributed by atoms with van der Waals surface area (Å²) >= 11 is 0. The van der Waals surface area contributed by atoms with Gasteiger partial charge in [-0.1, -0.05) is 48.5 Å². The fourth-order valence-corrected chi connectivity index (χ4v) is 3.48. The smallest absolute Gasteiger partial charge is 0.228 e. The van der Waals surface area contributed by atoms with Crippen LogP contribution in [0.15, 0.2) is 67.0 Å². The van der Waals surface area contributed by atoms with Gasteiger partial charge in [0.2, 0.25) is 5.91 Å². The summed E-state index contributed by atoms with van der Waals surface area (Å²) in [6, 6.07) is 18.1. The number of aryl methyl sites for hydroxylation is 2. The van der Waals surface area contributed by atoms with Crippen LogP contribution in [-0.2, 0) is 17.8 Å². The quantitative estimate of drug-likeness (QED) is 0.570. The number of nitrogens with one attached hydrogen (secondary N) is 1. The van der Waals surface area contributed by atoms with Gasteiger partial charge in [-0.2, -0.15) is 5.10 Å². The van der Waals surface area contributed by atoms with Crippen LogP contribution in [0, 0.1) is 13.8 Å². The van der Waals surface area contributed by atoms with Crippen molar-refractivity contribution in [3.63, 3.8) is 0 Å². The second kappa shape index (κ2) is 7.64. The van der Waals surface area contributed by atoms with Crippen LogP contribution in [0.25, 0.3) is 10.9 Å². The van der Waals surface area contributed by atoms with Crippen LogP contribution < -0.4 is 5.32 Å². The maximum absolute atomic E-state index is 12.6. The van der Waals surface area contributed by atoms with Crippen molar-refractivity contribution in [1.82, 2.24) is 14.8 Å². The van der Waals surface area contributed by atoms with Gasteiger partial charge in [-0.25, -0.2) is 0 Å². The van der Waals surface area contributed by atoms with E-state index >= 15 is 0 Å². The third kappa shape index (κ3) is 3.78. The molecule has 0 saturated heterocycles. The van der Waals surface area contributed by atoms with Gasteiger partial charge in [0.25, 0.3) is 0 Å². The first kappa shape index (κ1) is 17.9. The van der Waals surface area contributed by atoms with Crippen molar-refractivity contribution >= 4 is 22.5 Å². The Morgan fingerprint density at radius 2 is 1.79 bits per heavy atom. The van der Waals surface area contributed by atoms with E-state index in [4.69, 9.17) is 0 Å². The van der Waals surface area contributed by atoms with Crippen molar-refractivity contribution in [2.45, 2.75) is 26.8 Å². The molecule has 0 aliphatic heterocycles. The summed E-state index contributed by atoms with van der Waals surface area (Å²) in [6.07, 6.45) is 3.82. The SMILES string of the molecule is Cc1nc2ccccc2c(C)c1CC(=O)Nc1cnn(Cc2ccccc2)c1. The highest BCUT2D eigenvalue weighted by molar-refractivity contribution is 5.93. The molecule has 4 aromatic rings. The predicted molar refractivity (Wildman–Crippen MR) is 111 cm³/mol. The molecule has 5 heteroatoms. The number of pyridine rings is 1. The number of anilines is 1. The number of nitrogens with zero attached hydrogens (tertiary/aromatic N) is 3. The monoisotopic (exact) mass is 370 g/mol. The molecular weight excluding hydrogens is 348 g/mol. The van der Waals surface area contributed by atoms with E-state index in [1.54, 1.807) is 6.20 Å². The largest absolute Gasteiger partial charge is 0.323 e. The Morgan fingerprint density at radius 1 is 1.04 bits per heavy atom. The molecule has 2 aromatic heterocycles. The normalized spacial score (nSPS) is 10.9. The van der Waals surface area contributed by atoms with E-state index in [9.17, 15) is 4.79 Å². The lowest BCUT2D eigenvalue weighted by Gasteiger charge is -2.12. The number of fused-ring (bicyclic) bond motifs is 1. The zero-order chi connectivity index (χ0) is 19.5. The molecule has 1 amide bonds. The van der Waals surface area contributed by atoms with Crippen molar-refractivity contribution in [2.24, 2.45) is 0 Å². The van der Waals surface area contributed by atoms with Crippen molar-refractivity contribution in [2.75, 3.05) is 5.32 Å². The first-order chi connectivity index (χ1) is 13.6. The van der Waals surface area contributed by atoms with Gasteiger partial charge in [0.15, 0.2) is 0 Å². The van der Waals surface area contributed by atoms with E-state index in [0.717, 1.165) is 33.3 Å². The second-order valence-electron chi connectivity index (χ2n) is 6.96. The summed E-state index contributed by atoms with van der Waals surface area (Å²) in [5.41, 5.74) is 5.81. The molecule has 4 rings (SSSR count). The highest BCUT2D eigenvalue weighted by Crippen LogP contribution is 2.23. The minimum Gasteiger partial charge on any atom is -0.323 e. The lowest BCUT2D eigenvalue weighted by Crippen LogP contribution is -2.16. The van der Waals surface area contributed by atoms with Gasteiger partial charge < -0.3 is 5.32 Å². The fraction of sp³-hybridized carbons (Fsp3) is 0.174. The summed E-state index contributed by atoms with van der Waals surface area (Å²) in [5.74, 6) is -0.0671. The van der Waals surface area contributed by atoms with Crippen molar-refractivity contribution < 1.29 is 4.79 Å². The molecule has 0 spiro atoms. The Bertz CT molecular complexity index is 1130. The summed E-state index contributed by atoms with van der Waals surface area (Å²) in [4.78, 5) is 17.3. The summed E-state index contributed by atoms with van der Waals surface area (Å²) in [5, 5.41) is 8.38. The van der Waals surface area contributed by atoms with Crippen LogP contribution in [0.4, 0.5) is 5.69 Å². The van der Waals surface area contributed by atoms with E-state index in [2.05, 4.69) is 34.5 Å². The van der Waals surface area contributed by atoms with Crippen LogP contribution in [0.1, 0.15) is 22.4 Å². The molecule has 0 atom stereocenters. The Hall–Kier alpha value is -3.47. The third-order valence-electron chi connectivity index (χ3n) is 4.93. The summed E-state index contributed by atoms with van der Waals surface area (Å²) in [6.45, 7) is 4.68. The molecular formula is C23H22N4O. The molecule has 2 aromatic carbocycles. The number of para-hydroxylation sites is 1. The van der Waals surface area contributed by atoms with Crippen molar-refractivity contribution in [3.8, 4) is 0 Å². The molecule has 2 heterocycles. The average Bonchev–Trinajstić information content (AvgIpc) is 3.12. The van der Waals surface area contributed by atoms with Gasteiger partial charge in [0, 0.05) is 17.3 Å². The van der Waals surface area contributed by atoms with Crippen LogP contribution in [0.2, 0.25) is 0 Å². The van der Waals surface area contributed by atoms with Crippen LogP contribution in [0.5, 0.6) is 0 Å². The minimum atomic E-state index is -0.0671.